The molecule has 2 unspecified atom stereocenters. The van der Waals surface area contributed by atoms with Crippen LogP contribution in [0.2, 0.25) is 0 Å². The van der Waals surface area contributed by atoms with Crippen molar-refractivity contribution < 1.29 is 9.84 Å². The molecule has 1 saturated heterocycles. The highest BCUT2D eigenvalue weighted by atomic mass is 16.5. The van der Waals surface area contributed by atoms with Gasteiger partial charge in [-0.3, -0.25) is 4.98 Å². The van der Waals surface area contributed by atoms with Crippen molar-refractivity contribution in [3.8, 4) is 0 Å². The SMILES string of the molecule is Cc1ncc(N2CC(C)OC(CO)C2)nc1C. The van der Waals surface area contributed by atoms with E-state index in [2.05, 4.69) is 14.9 Å². The standard InChI is InChI=1S/C12H19N3O2/c1-8-5-15(6-11(7-16)17-8)12-4-13-9(2)10(3)14-12/h4,8,11,16H,5-7H2,1-3H3. The summed E-state index contributed by atoms with van der Waals surface area (Å²) in [6.07, 6.45) is 1.75. The number of hydrogen-bond acceptors (Lipinski definition) is 5. The molecule has 94 valence electrons. The Morgan fingerprint density at radius 1 is 1.41 bits per heavy atom. The predicted octanol–water partition coefficient (Wildman–Crippen LogP) is 0.679. The normalized spacial score (nSPS) is 25.1. The lowest BCUT2D eigenvalue weighted by Gasteiger charge is -2.36. The van der Waals surface area contributed by atoms with E-state index >= 15 is 0 Å². The highest BCUT2D eigenvalue weighted by Gasteiger charge is 2.25. The molecular formula is C12H19N3O2. The molecule has 1 aromatic rings. The monoisotopic (exact) mass is 237 g/mol. The maximum absolute atomic E-state index is 9.18. The number of rotatable bonds is 2. The number of aliphatic hydroxyl groups excluding tert-OH is 1. The Hall–Kier alpha value is -1.20. The number of hydrogen-bond donors (Lipinski definition) is 1. The van der Waals surface area contributed by atoms with Gasteiger partial charge < -0.3 is 14.7 Å². The van der Waals surface area contributed by atoms with Crippen LogP contribution < -0.4 is 4.90 Å². The van der Waals surface area contributed by atoms with Gasteiger partial charge in [0.15, 0.2) is 0 Å². The van der Waals surface area contributed by atoms with Gasteiger partial charge in [0.2, 0.25) is 0 Å². The lowest BCUT2D eigenvalue weighted by atomic mass is 10.2. The van der Waals surface area contributed by atoms with Gasteiger partial charge in [-0.05, 0) is 20.8 Å². The molecule has 2 rings (SSSR count). The Labute approximate surface area is 101 Å². The van der Waals surface area contributed by atoms with Gasteiger partial charge in [-0.25, -0.2) is 4.98 Å². The smallest absolute Gasteiger partial charge is 0.147 e. The summed E-state index contributed by atoms with van der Waals surface area (Å²) in [6, 6.07) is 0. The van der Waals surface area contributed by atoms with E-state index in [9.17, 15) is 5.11 Å². The first-order valence-corrected chi connectivity index (χ1v) is 5.91. The number of morpholine rings is 1. The fourth-order valence-corrected chi connectivity index (χ4v) is 2.02. The van der Waals surface area contributed by atoms with E-state index in [1.165, 1.54) is 0 Å². The van der Waals surface area contributed by atoms with Crippen molar-refractivity contribution in [3.63, 3.8) is 0 Å². The highest BCUT2D eigenvalue weighted by molar-refractivity contribution is 5.38. The summed E-state index contributed by atoms with van der Waals surface area (Å²) < 4.78 is 5.60. The van der Waals surface area contributed by atoms with E-state index in [0.29, 0.717) is 6.54 Å². The summed E-state index contributed by atoms with van der Waals surface area (Å²) in [7, 11) is 0. The molecule has 0 spiro atoms. The Kier molecular flexibility index (Phi) is 3.59. The fraction of sp³-hybridized carbons (Fsp3) is 0.667. The minimum Gasteiger partial charge on any atom is -0.394 e. The van der Waals surface area contributed by atoms with E-state index in [-0.39, 0.29) is 18.8 Å². The number of aliphatic hydroxyl groups is 1. The van der Waals surface area contributed by atoms with E-state index in [4.69, 9.17) is 4.74 Å². The summed E-state index contributed by atoms with van der Waals surface area (Å²) in [6.45, 7) is 7.40. The fourth-order valence-electron chi connectivity index (χ4n) is 2.02. The van der Waals surface area contributed by atoms with Gasteiger partial charge in [-0.2, -0.15) is 0 Å². The zero-order valence-corrected chi connectivity index (χ0v) is 10.6. The van der Waals surface area contributed by atoms with Gasteiger partial charge in [0.1, 0.15) is 5.82 Å². The van der Waals surface area contributed by atoms with E-state index in [0.717, 1.165) is 23.8 Å². The third-order valence-electron chi connectivity index (χ3n) is 3.03. The topological polar surface area (TPSA) is 58.5 Å². The van der Waals surface area contributed by atoms with Gasteiger partial charge >= 0.3 is 0 Å². The first kappa shape index (κ1) is 12.3. The van der Waals surface area contributed by atoms with Gasteiger partial charge in [0.05, 0.1) is 36.4 Å². The number of ether oxygens (including phenoxy) is 1. The average Bonchev–Trinajstić information content (AvgIpc) is 2.32. The van der Waals surface area contributed by atoms with Crippen molar-refractivity contribution in [2.45, 2.75) is 33.0 Å². The highest BCUT2D eigenvalue weighted by Crippen LogP contribution is 2.18. The Morgan fingerprint density at radius 3 is 2.82 bits per heavy atom. The van der Waals surface area contributed by atoms with Crippen LogP contribution in [0.25, 0.3) is 0 Å². The molecule has 5 nitrogen and oxygen atoms in total. The third-order valence-corrected chi connectivity index (χ3v) is 3.03. The first-order valence-electron chi connectivity index (χ1n) is 5.91. The van der Waals surface area contributed by atoms with E-state index in [1.54, 1.807) is 6.20 Å². The van der Waals surface area contributed by atoms with E-state index < -0.39 is 0 Å². The molecule has 1 fully saturated rings. The number of anilines is 1. The van der Waals surface area contributed by atoms with Crippen LogP contribution in [0, 0.1) is 13.8 Å². The molecule has 1 N–H and O–H groups in total. The summed E-state index contributed by atoms with van der Waals surface area (Å²) >= 11 is 0. The van der Waals surface area contributed by atoms with Crippen LogP contribution in [0.15, 0.2) is 6.20 Å². The molecule has 0 amide bonds. The first-order chi connectivity index (χ1) is 8.10. The minimum absolute atomic E-state index is 0.0408. The van der Waals surface area contributed by atoms with Crippen molar-refractivity contribution in [1.82, 2.24) is 9.97 Å². The maximum Gasteiger partial charge on any atom is 0.147 e. The van der Waals surface area contributed by atoms with Crippen LogP contribution in [0.1, 0.15) is 18.3 Å². The molecule has 0 bridgehead atoms. The minimum atomic E-state index is -0.137. The third kappa shape index (κ3) is 2.73. The van der Waals surface area contributed by atoms with Gasteiger partial charge in [0.25, 0.3) is 0 Å². The maximum atomic E-state index is 9.18. The number of nitrogens with zero attached hydrogens (tertiary/aromatic N) is 3. The molecule has 5 heteroatoms. The quantitative estimate of drug-likeness (QED) is 0.819. The zero-order chi connectivity index (χ0) is 12.4. The molecule has 17 heavy (non-hydrogen) atoms. The van der Waals surface area contributed by atoms with Gasteiger partial charge in [-0.1, -0.05) is 0 Å². The van der Waals surface area contributed by atoms with Crippen LogP contribution in [0.4, 0.5) is 5.82 Å². The molecule has 0 radical (unpaired) electrons. The van der Waals surface area contributed by atoms with Crippen LogP contribution >= 0.6 is 0 Å². The molecule has 1 aromatic heterocycles. The van der Waals surface area contributed by atoms with Gasteiger partial charge in [-0.15, -0.1) is 0 Å². The molecular weight excluding hydrogens is 218 g/mol. The van der Waals surface area contributed by atoms with Crippen LogP contribution in [0.3, 0.4) is 0 Å². The van der Waals surface area contributed by atoms with Crippen molar-refractivity contribution in [2.24, 2.45) is 0 Å². The second-order valence-electron chi connectivity index (χ2n) is 4.56. The van der Waals surface area contributed by atoms with E-state index in [1.807, 2.05) is 20.8 Å². The summed E-state index contributed by atoms with van der Waals surface area (Å²) in [4.78, 5) is 11.0. The lowest BCUT2D eigenvalue weighted by molar-refractivity contribution is -0.0423. The average molecular weight is 237 g/mol. The molecule has 1 aliphatic rings. The number of aryl methyl sites for hydroxylation is 2. The predicted molar refractivity (Wildman–Crippen MR) is 65.1 cm³/mol. The van der Waals surface area contributed by atoms with Crippen molar-refractivity contribution in [2.75, 3.05) is 24.6 Å². The molecule has 2 atom stereocenters. The molecule has 1 aliphatic heterocycles. The Bertz CT molecular complexity index is 397. The summed E-state index contributed by atoms with van der Waals surface area (Å²) in [5.74, 6) is 0.863. The Morgan fingerprint density at radius 2 is 2.18 bits per heavy atom. The molecule has 0 saturated carbocycles. The van der Waals surface area contributed by atoms with Crippen molar-refractivity contribution in [3.05, 3.63) is 17.6 Å². The van der Waals surface area contributed by atoms with Crippen LogP contribution in [-0.4, -0.2) is 47.0 Å². The molecule has 0 aromatic carbocycles. The largest absolute Gasteiger partial charge is 0.394 e. The van der Waals surface area contributed by atoms with Crippen LogP contribution in [-0.2, 0) is 4.74 Å². The Balaban J connectivity index is 2.17. The summed E-state index contributed by atoms with van der Waals surface area (Å²) in [5, 5.41) is 9.18. The molecule has 2 heterocycles. The second-order valence-corrected chi connectivity index (χ2v) is 4.56. The number of aromatic nitrogens is 2. The lowest BCUT2D eigenvalue weighted by Crippen LogP contribution is -2.48. The van der Waals surface area contributed by atoms with Gasteiger partial charge in [0, 0.05) is 13.1 Å². The van der Waals surface area contributed by atoms with Crippen molar-refractivity contribution in [1.29, 1.82) is 0 Å². The molecule has 0 aliphatic carbocycles. The zero-order valence-electron chi connectivity index (χ0n) is 10.6. The summed E-state index contributed by atoms with van der Waals surface area (Å²) in [5.41, 5.74) is 1.90. The van der Waals surface area contributed by atoms with Crippen molar-refractivity contribution >= 4 is 5.82 Å². The van der Waals surface area contributed by atoms with Crippen LogP contribution in [0.5, 0.6) is 0 Å². The second kappa shape index (κ2) is 4.98.